The largest absolute Gasteiger partial charge is 0.475 e. The van der Waals surface area contributed by atoms with Gasteiger partial charge in [0.1, 0.15) is 5.52 Å². The van der Waals surface area contributed by atoms with Crippen molar-refractivity contribution >= 4 is 34.6 Å². The lowest BCUT2D eigenvalue weighted by Crippen LogP contribution is -2.39. The van der Waals surface area contributed by atoms with Gasteiger partial charge in [0, 0.05) is 24.3 Å². The summed E-state index contributed by atoms with van der Waals surface area (Å²) in [6, 6.07) is 0.559. The second-order valence-electron chi connectivity index (χ2n) is 11.2. The highest BCUT2D eigenvalue weighted by Gasteiger charge is 2.32. The molecule has 0 amide bonds. The Balaban J connectivity index is 1.65. The van der Waals surface area contributed by atoms with Crippen LogP contribution in [0.25, 0.3) is 16.9 Å². The van der Waals surface area contributed by atoms with Crippen molar-refractivity contribution in [1.29, 1.82) is 0 Å². The zero-order valence-electron chi connectivity index (χ0n) is 21.5. The molecule has 8 heteroatoms. The van der Waals surface area contributed by atoms with Crippen molar-refractivity contribution in [2.75, 3.05) is 16.8 Å². The molecule has 0 radical (unpaired) electrons. The summed E-state index contributed by atoms with van der Waals surface area (Å²) in [5, 5.41) is 13.3. The maximum atomic E-state index is 11.9. The van der Waals surface area contributed by atoms with Gasteiger partial charge in [-0.3, -0.25) is 4.57 Å². The van der Waals surface area contributed by atoms with Crippen LogP contribution in [0.15, 0.2) is 6.58 Å². The number of rotatable bonds is 7. The molecule has 3 heterocycles. The average molecular weight is 481 g/mol. The van der Waals surface area contributed by atoms with Crippen LogP contribution in [0.1, 0.15) is 95.6 Å². The summed E-state index contributed by atoms with van der Waals surface area (Å²) in [4.78, 5) is 28.2. The minimum atomic E-state index is -1.13. The number of anilines is 2. The van der Waals surface area contributed by atoms with Crippen LogP contribution in [0.5, 0.6) is 0 Å². The number of carboxylic acids is 1. The fourth-order valence-electron chi connectivity index (χ4n) is 6.08. The third-order valence-corrected chi connectivity index (χ3v) is 8.74. The molecule has 1 unspecified atom stereocenters. The number of nitrogens with one attached hydrogen (secondary N) is 1. The molecule has 2 aromatic rings. The van der Waals surface area contributed by atoms with E-state index >= 15 is 0 Å². The summed E-state index contributed by atoms with van der Waals surface area (Å²) in [6.07, 6.45) is 11.7. The van der Waals surface area contributed by atoms with Crippen LogP contribution in [0, 0.1) is 17.8 Å². The van der Waals surface area contributed by atoms with E-state index in [1.54, 1.807) is 0 Å². The summed E-state index contributed by atoms with van der Waals surface area (Å²) in [6.45, 7) is 12.3. The molecule has 2 N–H and O–H groups in total. The number of carbonyl (C=O) groups is 1. The normalized spacial score (nSPS) is 26.4. The van der Waals surface area contributed by atoms with Crippen molar-refractivity contribution in [1.82, 2.24) is 19.5 Å². The van der Waals surface area contributed by atoms with Gasteiger partial charge in [-0.25, -0.2) is 14.8 Å². The Morgan fingerprint density at radius 2 is 1.77 bits per heavy atom. The maximum absolute atomic E-state index is 11.9. The summed E-state index contributed by atoms with van der Waals surface area (Å²) in [5.41, 5.74) is 2.26. The molecule has 2 atom stereocenters. The van der Waals surface area contributed by atoms with E-state index in [0.29, 0.717) is 29.3 Å². The molecule has 190 valence electrons. The molecular formula is C27H40N6O2. The van der Waals surface area contributed by atoms with E-state index in [-0.39, 0.29) is 11.9 Å². The summed E-state index contributed by atoms with van der Waals surface area (Å²) in [7, 11) is 0. The number of hydrogen-bond acceptors (Lipinski definition) is 6. The first-order valence-electron chi connectivity index (χ1n) is 13.6. The second-order valence-corrected chi connectivity index (χ2v) is 11.2. The molecular weight excluding hydrogens is 440 g/mol. The highest BCUT2D eigenvalue weighted by molar-refractivity contribution is 5.93. The number of aromatic nitrogens is 4. The fraction of sp³-hybridized carbons (Fsp3) is 0.704. The number of aromatic carboxylic acids is 1. The van der Waals surface area contributed by atoms with E-state index in [9.17, 15) is 9.90 Å². The molecule has 1 aliphatic heterocycles. The van der Waals surface area contributed by atoms with Crippen LogP contribution in [0.3, 0.4) is 0 Å². The number of nitrogens with zero attached hydrogens (tertiary/aromatic N) is 5. The number of hydrogen-bond donors (Lipinski definition) is 2. The van der Waals surface area contributed by atoms with Gasteiger partial charge >= 0.3 is 5.97 Å². The number of carboxylic acid groups (broad SMARTS) is 1. The molecule has 0 aromatic carbocycles. The van der Waals surface area contributed by atoms with Gasteiger partial charge in [0.05, 0.1) is 0 Å². The van der Waals surface area contributed by atoms with Crippen molar-refractivity contribution < 1.29 is 9.90 Å². The highest BCUT2D eigenvalue weighted by atomic mass is 16.4. The third kappa shape index (κ3) is 4.64. The standard InChI is InChI=1S/C27H40N6O2/c1-16-11-13-21(14-12-16)19(4)33-22-23(28-18(3)20-9-7-10-20)29-25(26(34)35)30-24(22)31-27(33)32-15-6-5-8-17(32)2/h16-18,20-21H,4-15H2,1-3H3,(H,34,35)(H,28,29,30)/t16-,17?,18-,21-/m1/s1. The zero-order valence-corrected chi connectivity index (χ0v) is 21.5. The van der Waals surface area contributed by atoms with Crippen LogP contribution in [0.2, 0.25) is 0 Å². The number of imidazole rings is 1. The van der Waals surface area contributed by atoms with Crippen molar-refractivity contribution in [2.45, 2.75) is 97.1 Å². The first kappa shape index (κ1) is 24.1. The third-order valence-electron chi connectivity index (χ3n) is 8.74. The molecule has 3 aliphatic rings. The lowest BCUT2D eigenvalue weighted by molar-refractivity contribution is 0.0684. The van der Waals surface area contributed by atoms with Crippen molar-refractivity contribution in [3.05, 3.63) is 12.4 Å². The molecule has 5 rings (SSSR count). The average Bonchev–Trinajstić information content (AvgIpc) is 3.17. The van der Waals surface area contributed by atoms with E-state index in [1.807, 2.05) is 0 Å². The molecule has 2 aromatic heterocycles. The monoisotopic (exact) mass is 480 g/mol. The quantitative estimate of drug-likeness (QED) is 0.517. The first-order chi connectivity index (χ1) is 16.8. The van der Waals surface area contributed by atoms with Gasteiger partial charge in [-0.1, -0.05) is 32.8 Å². The Hall–Kier alpha value is -2.64. The molecule has 2 saturated carbocycles. The summed E-state index contributed by atoms with van der Waals surface area (Å²) < 4.78 is 2.18. The summed E-state index contributed by atoms with van der Waals surface area (Å²) >= 11 is 0. The molecule has 1 saturated heterocycles. The number of piperidine rings is 1. The van der Waals surface area contributed by atoms with Crippen molar-refractivity contribution in [2.24, 2.45) is 17.8 Å². The Morgan fingerprint density at radius 3 is 2.40 bits per heavy atom. The Kier molecular flexibility index (Phi) is 6.73. The van der Waals surface area contributed by atoms with Gasteiger partial charge in [0.2, 0.25) is 11.8 Å². The minimum absolute atomic E-state index is 0.202. The van der Waals surface area contributed by atoms with E-state index in [4.69, 9.17) is 4.98 Å². The van der Waals surface area contributed by atoms with Crippen molar-refractivity contribution in [3.8, 4) is 0 Å². The van der Waals surface area contributed by atoms with Gasteiger partial charge < -0.3 is 15.3 Å². The van der Waals surface area contributed by atoms with E-state index in [1.165, 1.54) is 38.5 Å². The minimum Gasteiger partial charge on any atom is -0.475 e. The summed E-state index contributed by atoms with van der Waals surface area (Å²) in [5.74, 6) is 1.78. The Labute approximate surface area is 208 Å². The maximum Gasteiger partial charge on any atom is 0.374 e. The van der Waals surface area contributed by atoms with Crippen LogP contribution >= 0.6 is 0 Å². The van der Waals surface area contributed by atoms with Gasteiger partial charge in [-0.2, -0.15) is 4.98 Å². The van der Waals surface area contributed by atoms with E-state index in [2.05, 4.69) is 52.1 Å². The zero-order chi connectivity index (χ0) is 24.7. The highest BCUT2D eigenvalue weighted by Crippen LogP contribution is 2.40. The smallest absolute Gasteiger partial charge is 0.374 e. The van der Waals surface area contributed by atoms with Gasteiger partial charge in [0.15, 0.2) is 11.5 Å². The van der Waals surface area contributed by atoms with E-state index in [0.717, 1.165) is 55.3 Å². The predicted molar refractivity (Wildman–Crippen MR) is 140 cm³/mol. The Morgan fingerprint density at radius 1 is 1.03 bits per heavy atom. The van der Waals surface area contributed by atoms with E-state index < -0.39 is 5.97 Å². The molecule has 2 aliphatic carbocycles. The lowest BCUT2D eigenvalue weighted by atomic mass is 9.80. The van der Waals surface area contributed by atoms with Crippen LogP contribution in [-0.2, 0) is 0 Å². The van der Waals surface area contributed by atoms with Crippen LogP contribution in [0.4, 0.5) is 11.8 Å². The van der Waals surface area contributed by atoms with Crippen LogP contribution in [-0.4, -0.2) is 49.2 Å². The molecule has 35 heavy (non-hydrogen) atoms. The topological polar surface area (TPSA) is 96.2 Å². The molecule has 0 bridgehead atoms. The van der Waals surface area contributed by atoms with Gasteiger partial charge in [-0.05, 0) is 76.5 Å². The second kappa shape index (κ2) is 9.78. The fourth-order valence-corrected chi connectivity index (χ4v) is 6.08. The lowest BCUT2D eigenvalue weighted by Gasteiger charge is -2.36. The SMILES string of the molecule is C=C([C@H]1CC[C@H](C)CC1)n1c(N2CCCCC2C)nc2nc(C(=O)O)nc(N[C@H](C)C3CCC3)c21. The van der Waals surface area contributed by atoms with Crippen molar-refractivity contribution in [3.63, 3.8) is 0 Å². The molecule has 8 nitrogen and oxygen atoms in total. The van der Waals surface area contributed by atoms with Gasteiger partial charge in [-0.15, -0.1) is 0 Å². The number of fused-ring (bicyclic) bond motifs is 1. The first-order valence-corrected chi connectivity index (χ1v) is 13.6. The van der Waals surface area contributed by atoms with Gasteiger partial charge in [0.25, 0.3) is 0 Å². The number of allylic oxidation sites excluding steroid dienone is 1. The predicted octanol–water partition coefficient (Wildman–Crippen LogP) is 5.80. The molecule has 0 spiro atoms. The van der Waals surface area contributed by atoms with Crippen LogP contribution < -0.4 is 10.2 Å². The Bertz CT molecular complexity index is 1100. The molecule has 3 fully saturated rings.